The molecule has 4 heterocycles. The van der Waals surface area contributed by atoms with Gasteiger partial charge in [-0.05, 0) is 55.9 Å². The van der Waals surface area contributed by atoms with Crippen LogP contribution in [-0.4, -0.2) is 54.6 Å². The van der Waals surface area contributed by atoms with Gasteiger partial charge in [0.05, 0.1) is 29.6 Å². The van der Waals surface area contributed by atoms with Gasteiger partial charge < -0.3 is 30.6 Å². The van der Waals surface area contributed by atoms with E-state index in [1.165, 1.54) is 6.33 Å². The maximum Gasteiger partial charge on any atom is 0.169 e. The van der Waals surface area contributed by atoms with E-state index in [0.29, 0.717) is 17.9 Å². The van der Waals surface area contributed by atoms with Crippen LogP contribution in [0.5, 0.6) is 5.75 Å². The average Bonchev–Trinajstić information content (AvgIpc) is 3.38. The van der Waals surface area contributed by atoms with Crippen LogP contribution >= 0.6 is 0 Å². The molecule has 3 aromatic heterocycles. The Balaban J connectivity index is 1.19. The summed E-state index contributed by atoms with van der Waals surface area (Å²) in [7, 11) is 0. The number of fused-ring (bicyclic) bond motifs is 3. The van der Waals surface area contributed by atoms with Gasteiger partial charge in [-0.2, -0.15) is 0 Å². The summed E-state index contributed by atoms with van der Waals surface area (Å²) in [6, 6.07) is 9.90. The van der Waals surface area contributed by atoms with Crippen molar-refractivity contribution in [1.29, 1.82) is 0 Å². The van der Waals surface area contributed by atoms with Gasteiger partial charge in [-0.15, -0.1) is 0 Å². The first-order valence-corrected chi connectivity index (χ1v) is 11.8. The third kappa shape index (κ3) is 3.52. The van der Waals surface area contributed by atoms with Crippen molar-refractivity contribution in [3.05, 3.63) is 48.4 Å². The molecular weight excluding hydrogens is 432 g/mol. The maximum absolute atomic E-state index is 10.8. The van der Waals surface area contributed by atoms with E-state index in [0.717, 1.165) is 52.8 Å². The molecule has 1 fully saturated rings. The van der Waals surface area contributed by atoms with Gasteiger partial charge in [0.2, 0.25) is 0 Å². The molecule has 5 atom stereocenters. The number of aliphatic hydroxyl groups excluding tert-OH is 2. The Morgan fingerprint density at radius 2 is 2.06 bits per heavy atom. The van der Waals surface area contributed by atoms with Gasteiger partial charge in [0, 0.05) is 11.6 Å². The molecule has 9 heteroatoms. The Morgan fingerprint density at radius 1 is 1.18 bits per heavy atom. The molecule has 0 saturated heterocycles. The van der Waals surface area contributed by atoms with Crippen LogP contribution < -0.4 is 15.8 Å². The van der Waals surface area contributed by atoms with E-state index >= 15 is 0 Å². The molecule has 1 aliphatic heterocycles. The minimum absolute atomic E-state index is 0.0274. The van der Waals surface area contributed by atoms with Crippen molar-refractivity contribution in [2.75, 3.05) is 17.6 Å². The summed E-state index contributed by atoms with van der Waals surface area (Å²) in [5.41, 5.74) is 8.72. The zero-order chi connectivity index (χ0) is 23.4. The molecule has 176 valence electrons. The molecule has 5 N–H and O–H groups in total. The second kappa shape index (κ2) is 8.11. The van der Waals surface area contributed by atoms with E-state index in [-0.39, 0.29) is 18.1 Å². The van der Waals surface area contributed by atoms with Crippen molar-refractivity contribution >= 4 is 33.6 Å². The number of nitrogen functional groups attached to an aromatic ring is 1. The lowest BCUT2D eigenvalue weighted by Gasteiger charge is -2.24. The normalized spacial score (nSPS) is 26.4. The van der Waals surface area contributed by atoms with Crippen LogP contribution in [0.15, 0.2) is 42.9 Å². The summed E-state index contributed by atoms with van der Waals surface area (Å²) in [4.78, 5) is 13.1. The number of anilines is 2. The third-order valence-corrected chi connectivity index (χ3v) is 7.20. The van der Waals surface area contributed by atoms with Gasteiger partial charge in [-0.3, -0.25) is 0 Å². The van der Waals surface area contributed by atoms with Crippen LogP contribution in [0, 0.1) is 5.92 Å². The molecule has 0 amide bonds. The van der Waals surface area contributed by atoms with Gasteiger partial charge in [0.15, 0.2) is 11.6 Å². The van der Waals surface area contributed by atoms with Gasteiger partial charge in [0.25, 0.3) is 0 Å². The highest BCUT2D eigenvalue weighted by atomic mass is 16.5. The maximum atomic E-state index is 10.8. The first-order valence-electron chi connectivity index (χ1n) is 11.8. The SMILES string of the molecule is C[C@@H]1CNc2nc3cc(CC[C@H]4C[C@@H](n5ccc6c(N)ncnc65)[C@H](O)[C@@H]4O)ccc3cc2O1. The number of aromatic nitrogens is 4. The number of nitrogens with zero attached hydrogens (tertiary/aromatic N) is 4. The van der Waals surface area contributed by atoms with Crippen LogP contribution in [0.2, 0.25) is 0 Å². The standard InChI is InChI=1S/C25H28N6O3/c1-13-11-27-24-20(34-13)10-15-4-2-14(8-18(15)30-24)3-5-16-9-19(22(33)21(16)32)31-7-6-17-23(26)28-12-29-25(17)31/h2,4,6-8,10,12-13,16,19,21-22,32-33H,3,5,9,11H2,1H3,(H,27,30)(H2,26,28,29)/t13-,16+,19-,21-,22+/m1/s1. The summed E-state index contributed by atoms with van der Waals surface area (Å²) >= 11 is 0. The van der Waals surface area contributed by atoms with Crippen LogP contribution in [-0.2, 0) is 6.42 Å². The number of rotatable bonds is 4. The van der Waals surface area contributed by atoms with E-state index in [9.17, 15) is 10.2 Å². The average molecular weight is 461 g/mol. The first kappa shape index (κ1) is 21.1. The number of hydrogen-bond donors (Lipinski definition) is 4. The van der Waals surface area contributed by atoms with Crippen molar-refractivity contribution in [1.82, 2.24) is 19.5 Å². The van der Waals surface area contributed by atoms with E-state index < -0.39 is 12.2 Å². The molecule has 2 aliphatic rings. The molecule has 0 spiro atoms. The van der Waals surface area contributed by atoms with E-state index in [1.54, 1.807) is 0 Å². The number of benzene rings is 1. The number of ether oxygens (including phenoxy) is 1. The van der Waals surface area contributed by atoms with E-state index in [4.69, 9.17) is 15.5 Å². The summed E-state index contributed by atoms with van der Waals surface area (Å²) in [5.74, 6) is 1.96. The fourth-order valence-corrected chi connectivity index (χ4v) is 5.34. The fraction of sp³-hybridized carbons (Fsp3) is 0.400. The smallest absolute Gasteiger partial charge is 0.169 e. The number of aliphatic hydroxyl groups is 2. The topological polar surface area (TPSA) is 131 Å². The number of aryl methyl sites for hydroxylation is 1. The highest BCUT2D eigenvalue weighted by molar-refractivity contribution is 5.86. The van der Waals surface area contributed by atoms with E-state index in [2.05, 4.69) is 33.5 Å². The predicted molar refractivity (Wildman–Crippen MR) is 130 cm³/mol. The second-order valence-corrected chi connectivity index (χ2v) is 9.47. The molecule has 1 aromatic carbocycles. The fourth-order valence-electron chi connectivity index (χ4n) is 5.34. The zero-order valence-electron chi connectivity index (χ0n) is 18.9. The van der Waals surface area contributed by atoms with Crippen molar-refractivity contribution < 1.29 is 14.9 Å². The Bertz CT molecular complexity index is 1370. The minimum atomic E-state index is -0.866. The Hall–Kier alpha value is -3.43. The molecule has 34 heavy (non-hydrogen) atoms. The van der Waals surface area contributed by atoms with Crippen LogP contribution in [0.25, 0.3) is 21.9 Å². The number of hydrogen-bond acceptors (Lipinski definition) is 8. The molecule has 6 rings (SSSR count). The lowest BCUT2D eigenvalue weighted by atomic mass is 9.95. The first-order chi connectivity index (χ1) is 16.5. The summed E-state index contributed by atoms with van der Waals surface area (Å²) < 4.78 is 7.80. The van der Waals surface area contributed by atoms with E-state index in [1.807, 2.05) is 29.8 Å². The quantitative estimate of drug-likeness (QED) is 0.366. The molecular formula is C25H28N6O3. The second-order valence-electron chi connectivity index (χ2n) is 9.47. The molecule has 0 bridgehead atoms. The molecule has 0 unspecified atom stereocenters. The van der Waals surface area contributed by atoms with Gasteiger partial charge in [-0.1, -0.05) is 12.1 Å². The molecule has 0 radical (unpaired) electrons. The van der Waals surface area contributed by atoms with Gasteiger partial charge >= 0.3 is 0 Å². The number of pyridine rings is 1. The van der Waals surface area contributed by atoms with Gasteiger partial charge in [0.1, 0.15) is 30.0 Å². The third-order valence-electron chi connectivity index (χ3n) is 7.20. The minimum Gasteiger partial charge on any atom is -0.485 e. The number of nitrogens with two attached hydrogens (primary N) is 1. The van der Waals surface area contributed by atoms with Crippen molar-refractivity contribution in [3.8, 4) is 5.75 Å². The lowest BCUT2D eigenvalue weighted by Crippen LogP contribution is -2.29. The summed E-state index contributed by atoms with van der Waals surface area (Å²) in [6.45, 7) is 2.77. The summed E-state index contributed by atoms with van der Waals surface area (Å²) in [5, 5.41) is 26.7. The van der Waals surface area contributed by atoms with Crippen LogP contribution in [0.1, 0.15) is 31.4 Å². The Labute approximate surface area is 196 Å². The van der Waals surface area contributed by atoms with Crippen LogP contribution in [0.4, 0.5) is 11.6 Å². The highest BCUT2D eigenvalue weighted by Crippen LogP contribution is 2.40. The summed E-state index contributed by atoms with van der Waals surface area (Å²) in [6.07, 6.45) is 3.97. The van der Waals surface area contributed by atoms with Crippen molar-refractivity contribution in [3.63, 3.8) is 0 Å². The molecule has 4 aromatic rings. The molecule has 9 nitrogen and oxygen atoms in total. The molecule has 1 aliphatic carbocycles. The van der Waals surface area contributed by atoms with Crippen LogP contribution in [0.3, 0.4) is 0 Å². The largest absolute Gasteiger partial charge is 0.485 e. The van der Waals surface area contributed by atoms with Crippen molar-refractivity contribution in [2.24, 2.45) is 5.92 Å². The highest BCUT2D eigenvalue weighted by Gasteiger charge is 2.42. The number of nitrogens with one attached hydrogen (secondary N) is 1. The monoisotopic (exact) mass is 460 g/mol. The van der Waals surface area contributed by atoms with Gasteiger partial charge in [-0.25, -0.2) is 15.0 Å². The molecule has 1 saturated carbocycles. The Kier molecular flexibility index (Phi) is 5.04. The zero-order valence-corrected chi connectivity index (χ0v) is 18.9. The Morgan fingerprint density at radius 3 is 2.94 bits per heavy atom. The van der Waals surface area contributed by atoms with Crippen molar-refractivity contribution in [2.45, 2.75) is 50.5 Å². The lowest BCUT2D eigenvalue weighted by molar-refractivity contribution is 0.00545. The predicted octanol–water partition coefficient (Wildman–Crippen LogP) is 2.67.